The van der Waals surface area contributed by atoms with Gasteiger partial charge < -0.3 is 14.4 Å². The van der Waals surface area contributed by atoms with Gasteiger partial charge in [-0.2, -0.15) is 0 Å². The van der Waals surface area contributed by atoms with E-state index in [4.69, 9.17) is 9.47 Å². The Bertz CT molecular complexity index is 724. The first-order chi connectivity index (χ1) is 11.3. The van der Waals surface area contributed by atoms with Crippen LogP contribution < -0.4 is 4.90 Å². The molecule has 4 nitrogen and oxygen atoms in total. The summed E-state index contributed by atoms with van der Waals surface area (Å²) in [7, 11) is 0. The van der Waals surface area contributed by atoms with Crippen LogP contribution in [0.4, 0.5) is 5.69 Å². The number of hydrogen-bond acceptors (Lipinski definition) is 4. The number of rotatable bonds is 1. The standard InChI is InChI=1S/C19H22N2O2/c1-2-14-12-20-13-15-6-9-21(17(3-1)18(14)15)16-4-7-19(8-5-16)22-10-11-23-19/h1-3,12-13,16H,4-11H2. The zero-order valence-corrected chi connectivity index (χ0v) is 13.3. The number of benzene rings is 1. The maximum Gasteiger partial charge on any atom is 0.168 e. The molecule has 0 N–H and O–H groups in total. The predicted molar refractivity (Wildman–Crippen MR) is 89.7 cm³/mol. The van der Waals surface area contributed by atoms with Crippen molar-refractivity contribution in [2.24, 2.45) is 0 Å². The monoisotopic (exact) mass is 310 g/mol. The molecule has 0 unspecified atom stereocenters. The Kier molecular flexibility index (Phi) is 3.10. The van der Waals surface area contributed by atoms with E-state index in [9.17, 15) is 0 Å². The molecule has 23 heavy (non-hydrogen) atoms. The largest absolute Gasteiger partial charge is 0.368 e. The van der Waals surface area contributed by atoms with Gasteiger partial charge in [0.15, 0.2) is 5.79 Å². The predicted octanol–water partition coefficient (Wildman–Crippen LogP) is 3.28. The molecule has 1 aromatic carbocycles. The zero-order chi connectivity index (χ0) is 15.3. The summed E-state index contributed by atoms with van der Waals surface area (Å²) in [5.41, 5.74) is 2.78. The quantitative estimate of drug-likeness (QED) is 0.809. The van der Waals surface area contributed by atoms with Crippen LogP contribution in [-0.4, -0.2) is 36.6 Å². The minimum absolute atomic E-state index is 0.264. The van der Waals surface area contributed by atoms with Crippen LogP contribution in [-0.2, 0) is 15.9 Å². The van der Waals surface area contributed by atoms with Gasteiger partial charge in [-0.15, -0.1) is 0 Å². The third-order valence-corrected chi connectivity index (χ3v) is 5.74. The fourth-order valence-corrected chi connectivity index (χ4v) is 4.60. The van der Waals surface area contributed by atoms with E-state index < -0.39 is 0 Å². The van der Waals surface area contributed by atoms with Gasteiger partial charge >= 0.3 is 0 Å². The van der Waals surface area contributed by atoms with Gasteiger partial charge in [0, 0.05) is 54.3 Å². The maximum absolute atomic E-state index is 5.88. The number of ether oxygens (including phenoxy) is 2. The van der Waals surface area contributed by atoms with Crippen LogP contribution in [0.5, 0.6) is 0 Å². The van der Waals surface area contributed by atoms with Crippen molar-refractivity contribution in [2.45, 2.75) is 43.9 Å². The van der Waals surface area contributed by atoms with Gasteiger partial charge in [-0.25, -0.2) is 0 Å². The van der Waals surface area contributed by atoms with E-state index >= 15 is 0 Å². The van der Waals surface area contributed by atoms with E-state index in [-0.39, 0.29) is 5.79 Å². The lowest BCUT2D eigenvalue weighted by atomic mass is 9.87. The van der Waals surface area contributed by atoms with Gasteiger partial charge in [0.2, 0.25) is 0 Å². The summed E-state index contributed by atoms with van der Waals surface area (Å²) in [4.78, 5) is 7.01. The summed E-state index contributed by atoms with van der Waals surface area (Å²) in [5, 5.41) is 2.67. The van der Waals surface area contributed by atoms with Crippen molar-refractivity contribution in [3.05, 3.63) is 36.2 Å². The SMILES string of the molecule is c1cc2c3c(cncc3c1)CCN2C1CCC2(CC1)OCCO2. The van der Waals surface area contributed by atoms with Crippen molar-refractivity contribution in [3.8, 4) is 0 Å². The van der Waals surface area contributed by atoms with E-state index in [1.54, 1.807) is 0 Å². The molecule has 0 amide bonds. The molecule has 2 aliphatic heterocycles. The molecule has 2 aromatic rings. The molecule has 1 saturated heterocycles. The third-order valence-electron chi connectivity index (χ3n) is 5.74. The first-order valence-corrected chi connectivity index (χ1v) is 8.75. The highest BCUT2D eigenvalue weighted by Crippen LogP contribution is 2.41. The molecule has 2 fully saturated rings. The highest BCUT2D eigenvalue weighted by molar-refractivity contribution is 5.97. The van der Waals surface area contributed by atoms with Crippen molar-refractivity contribution in [1.82, 2.24) is 4.98 Å². The Labute approximate surface area is 136 Å². The molecular weight excluding hydrogens is 288 g/mol. The summed E-state index contributed by atoms with van der Waals surface area (Å²) in [5.74, 6) is -0.264. The molecule has 1 aromatic heterocycles. The van der Waals surface area contributed by atoms with E-state index in [1.165, 1.54) is 22.0 Å². The van der Waals surface area contributed by atoms with Crippen LogP contribution in [0.1, 0.15) is 31.2 Å². The maximum atomic E-state index is 5.88. The Morgan fingerprint density at radius 3 is 2.74 bits per heavy atom. The molecule has 120 valence electrons. The number of hydrogen-bond donors (Lipinski definition) is 0. The molecule has 1 saturated carbocycles. The Morgan fingerprint density at radius 2 is 1.91 bits per heavy atom. The molecule has 5 rings (SSSR count). The smallest absolute Gasteiger partial charge is 0.168 e. The lowest BCUT2D eigenvalue weighted by Gasteiger charge is -2.43. The van der Waals surface area contributed by atoms with Crippen LogP contribution in [0.3, 0.4) is 0 Å². The zero-order valence-electron chi connectivity index (χ0n) is 13.3. The van der Waals surface area contributed by atoms with Crippen molar-refractivity contribution in [1.29, 1.82) is 0 Å². The summed E-state index contributed by atoms with van der Waals surface area (Å²) in [6.45, 7) is 2.61. The molecule has 0 radical (unpaired) electrons. The summed E-state index contributed by atoms with van der Waals surface area (Å²) in [6.07, 6.45) is 9.46. The number of aromatic nitrogens is 1. The second kappa shape index (κ2) is 5.18. The topological polar surface area (TPSA) is 34.6 Å². The number of nitrogens with zero attached hydrogens (tertiary/aromatic N) is 2. The minimum atomic E-state index is -0.264. The van der Waals surface area contributed by atoms with Gasteiger partial charge in [0.25, 0.3) is 0 Å². The molecule has 0 bridgehead atoms. The molecule has 1 aliphatic carbocycles. The second-order valence-electron chi connectivity index (χ2n) is 6.96. The molecule has 4 heteroatoms. The molecular formula is C19H22N2O2. The van der Waals surface area contributed by atoms with Gasteiger partial charge in [0.1, 0.15) is 0 Å². The van der Waals surface area contributed by atoms with Gasteiger partial charge in [-0.05, 0) is 30.9 Å². The van der Waals surface area contributed by atoms with Crippen molar-refractivity contribution in [2.75, 3.05) is 24.7 Å². The van der Waals surface area contributed by atoms with E-state index in [2.05, 4.69) is 28.1 Å². The van der Waals surface area contributed by atoms with Crippen molar-refractivity contribution < 1.29 is 9.47 Å². The summed E-state index contributed by atoms with van der Waals surface area (Å²) in [6, 6.07) is 7.21. The minimum Gasteiger partial charge on any atom is -0.368 e. The van der Waals surface area contributed by atoms with Crippen LogP contribution in [0.25, 0.3) is 10.8 Å². The number of anilines is 1. The van der Waals surface area contributed by atoms with Gasteiger partial charge in [-0.1, -0.05) is 12.1 Å². The first-order valence-electron chi connectivity index (χ1n) is 8.75. The normalized spacial score (nSPS) is 23.7. The van der Waals surface area contributed by atoms with Crippen LogP contribution >= 0.6 is 0 Å². The Morgan fingerprint density at radius 1 is 1.09 bits per heavy atom. The Balaban J connectivity index is 1.45. The van der Waals surface area contributed by atoms with Gasteiger partial charge in [0.05, 0.1) is 13.2 Å². The van der Waals surface area contributed by atoms with Crippen molar-refractivity contribution in [3.63, 3.8) is 0 Å². The van der Waals surface area contributed by atoms with E-state index in [1.807, 2.05) is 12.4 Å². The van der Waals surface area contributed by atoms with Crippen LogP contribution in [0, 0.1) is 0 Å². The van der Waals surface area contributed by atoms with E-state index in [0.717, 1.165) is 51.9 Å². The Hall–Kier alpha value is -1.65. The third kappa shape index (κ3) is 2.16. The van der Waals surface area contributed by atoms with Gasteiger partial charge in [-0.3, -0.25) is 4.98 Å². The number of pyridine rings is 1. The van der Waals surface area contributed by atoms with Crippen LogP contribution in [0.2, 0.25) is 0 Å². The fourth-order valence-electron chi connectivity index (χ4n) is 4.60. The fraction of sp³-hybridized carbons (Fsp3) is 0.526. The average Bonchev–Trinajstić information content (AvgIpc) is 3.05. The summed E-state index contributed by atoms with van der Waals surface area (Å²) < 4.78 is 11.8. The van der Waals surface area contributed by atoms with Crippen molar-refractivity contribution >= 4 is 16.5 Å². The highest BCUT2D eigenvalue weighted by atomic mass is 16.7. The second-order valence-corrected chi connectivity index (χ2v) is 6.96. The summed E-state index contributed by atoms with van der Waals surface area (Å²) >= 11 is 0. The van der Waals surface area contributed by atoms with Crippen LogP contribution in [0.15, 0.2) is 30.6 Å². The molecule has 3 heterocycles. The lowest BCUT2D eigenvalue weighted by Crippen LogP contribution is -2.46. The highest BCUT2D eigenvalue weighted by Gasteiger charge is 2.42. The average molecular weight is 310 g/mol. The lowest BCUT2D eigenvalue weighted by molar-refractivity contribution is -0.178. The molecule has 3 aliphatic rings. The molecule has 1 spiro atoms. The first kappa shape index (κ1) is 13.8. The molecule has 0 atom stereocenters. The van der Waals surface area contributed by atoms with E-state index in [0.29, 0.717) is 6.04 Å².